The van der Waals surface area contributed by atoms with Crippen LogP contribution in [0.4, 0.5) is 5.69 Å². The first kappa shape index (κ1) is 25.5. The SMILES string of the molecule is COc1cc2cc([C@@H](c3nnnn3C(C)(C)C)N3CCN(c4ccc(O)cc4)CC3)c(=O)[nH]c2cc1OC. The minimum atomic E-state index is -0.465. The lowest BCUT2D eigenvalue weighted by molar-refractivity contribution is 0.190. The second kappa shape index (κ2) is 9.97. The van der Waals surface area contributed by atoms with Gasteiger partial charge in [0.25, 0.3) is 5.56 Å². The van der Waals surface area contributed by atoms with Crippen LogP contribution in [0.2, 0.25) is 0 Å². The molecule has 11 heteroatoms. The summed E-state index contributed by atoms with van der Waals surface area (Å²) < 4.78 is 12.7. The number of piperazine rings is 1. The van der Waals surface area contributed by atoms with E-state index < -0.39 is 6.04 Å². The largest absolute Gasteiger partial charge is 0.508 e. The molecule has 0 spiro atoms. The third-order valence-electron chi connectivity index (χ3n) is 6.94. The van der Waals surface area contributed by atoms with Gasteiger partial charge in [-0.15, -0.1) is 5.10 Å². The third-order valence-corrected chi connectivity index (χ3v) is 6.94. The van der Waals surface area contributed by atoms with E-state index in [0.717, 1.165) is 24.2 Å². The molecule has 0 saturated carbocycles. The highest BCUT2D eigenvalue weighted by Crippen LogP contribution is 2.34. The summed E-state index contributed by atoms with van der Waals surface area (Å²) in [5.74, 6) is 1.98. The Morgan fingerprint density at radius 3 is 2.26 bits per heavy atom. The van der Waals surface area contributed by atoms with Gasteiger partial charge in [-0.05, 0) is 67.6 Å². The second-order valence-electron chi connectivity index (χ2n) is 10.4. The maximum atomic E-state index is 13.6. The Morgan fingerprint density at radius 2 is 1.63 bits per heavy atom. The van der Waals surface area contributed by atoms with Crippen molar-refractivity contribution in [1.29, 1.82) is 0 Å². The second-order valence-corrected chi connectivity index (χ2v) is 10.4. The predicted molar refractivity (Wildman–Crippen MR) is 144 cm³/mol. The Bertz CT molecular complexity index is 1480. The molecule has 1 aliphatic heterocycles. The van der Waals surface area contributed by atoms with Crippen LogP contribution in [0.5, 0.6) is 17.2 Å². The van der Waals surface area contributed by atoms with Gasteiger partial charge in [-0.1, -0.05) is 0 Å². The number of hydrogen-bond acceptors (Lipinski definition) is 9. The zero-order valence-corrected chi connectivity index (χ0v) is 22.3. The van der Waals surface area contributed by atoms with Crippen molar-refractivity contribution in [3.05, 3.63) is 64.2 Å². The number of aromatic amines is 1. The summed E-state index contributed by atoms with van der Waals surface area (Å²) in [4.78, 5) is 21.1. The fourth-order valence-corrected chi connectivity index (χ4v) is 5.00. The van der Waals surface area contributed by atoms with Crippen molar-refractivity contribution in [2.45, 2.75) is 32.4 Å². The number of phenols is 1. The average Bonchev–Trinajstić information content (AvgIpc) is 3.40. The Kier molecular flexibility index (Phi) is 6.70. The van der Waals surface area contributed by atoms with Gasteiger partial charge >= 0.3 is 0 Å². The molecule has 1 aliphatic rings. The maximum absolute atomic E-state index is 13.6. The zero-order valence-electron chi connectivity index (χ0n) is 22.3. The van der Waals surface area contributed by atoms with Crippen molar-refractivity contribution in [2.24, 2.45) is 0 Å². The summed E-state index contributed by atoms with van der Waals surface area (Å²) in [6, 6.07) is 12.3. The number of pyridine rings is 1. The molecule has 1 saturated heterocycles. The molecule has 2 aromatic carbocycles. The van der Waals surface area contributed by atoms with Crippen LogP contribution < -0.4 is 19.9 Å². The number of nitrogens with zero attached hydrogens (tertiary/aromatic N) is 6. The topological polar surface area (TPSA) is 122 Å². The Hall–Kier alpha value is -4.12. The van der Waals surface area contributed by atoms with Crippen molar-refractivity contribution >= 4 is 16.6 Å². The van der Waals surface area contributed by atoms with Gasteiger partial charge in [0.05, 0.1) is 25.3 Å². The summed E-state index contributed by atoms with van der Waals surface area (Å²) in [5.41, 5.74) is 1.67. The Labute approximate surface area is 220 Å². The number of aromatic nitrogens is 5. The number of anilines is 1. The van der Waals surface area contributed by atoms with Crippen LogP contribution in [0.3, 0.4) is 0 Å². The first-order valence-electron chi connectivity index (χ1n) is 12.6. The number of fused-ring (bicyclic) bond motifs is 1. The van der Waals surface area contributed by atoms with Crippen molar-refractivity contribution < 1.29 is 14.6 Å². The first-order valence-corrected chi connectivity index (χ1v) is 12.6. The molecular formula is C27H33N7O4. The van der Waals surface area contributed by atoms with Crippen molar-refractivity contribution in [3.8, 4) is 17.2 Å². The van der Waals surface area contributed by atoms with Crippen molar-refractivity contribution in [1.82, 2.24) is 30.1 Å². The quantitative estimate of drug-likeness (QED) is 0.396. The summed E-state index contributed by atoms with van der Waals surface area (Å²) >= 11 is 0. The number of aromatic hydroxyl groups is 1. The number of rotatable bonds is 6. The fraction of sp³-hybridized carbons (Fsp3) is 0.407. The monoisotopic (exact) mass is 519 g/mol. The highest BCUT2D eigenvalue weighted by molar-refractivity contribution is 5.83. The lowest BCUT2D eigenvalue weighted by Crippen LogP contribution is -2.49. The van der Waals surface area contributed by atoms with E-state index in [0.29, 0.717) is 41.5 Å². The zero-order chi connectivity index (χ0) is 27.0. The van der Waals surface area contributed by atoms with Crippen LogP contribution >= 0.6 is 0 Å². The lowest BCUT2D eigenvalue weighted by Gasteiger charge is -2.40. The number of H-pyrrole nitrogens is 1. The van der Waals surface area contributed by atoms with E-state index in [-0.39, 0.29) is 16.8 Å². The van der Waals surface area contributed by atoms with Crippen LogP contribution in [0.25, 0.3) is 10.9 Å². The first-order chi connectivity index (χ1) is 18.2. The molecule has 0 bridgehead atoms. The molecule has 11 nitrogen and oxygen atoms in total. The number of benzene rings is 2. The van der Waals surface area contributed by atoms with E-state index >= 15 is 0 Å². The Morgan fingerprint density at radius 1 is 0.974 bits per heavy atom. The molecular weight excluding hydrogens is 486 g/mol. The highest BCUT2D eigenvalue weighted by Gasteiger charge is 2.35. The van der Waals surface area contributed by atoms with Crippen LogP contribution in [-0.4, -0.2) is 75.6 Å². The minimum Gasteiger partial charge on any atom is -0.508 e. The van der Waals surface area contributed by atoms with Gasteiger partial charge in [0.1, 0.15) is 11.8 Å². The van der Waals surface area contributed by atoms with Gasteiger partial charge in [-0.2, -0.15) is 0 Å². The molecule has 38 heavy (non-hydrogen) atoms. The highest BCUT2D eigenvalue weighted by atomic mass is 16.5. The standard InChI is InChI=1S/C27H33N7O4/c1-27(2,3)34-25(29-30-31-34)24(33-12-10-32(11-13-33)18-6-8-19(35)9-7-18)20-14-17-15-22(37-4)23(38-5)16-21(17)28-26(20)36/h6-9,14-16,24,35H,10-13H2,1-5H3,(H,28,36)/t24-/m0/s1. The van der Waals surface area contributed by atoms with Gasteiger partial charge in [-0.3, -0.25) is 9.69 Å². The fourth-order valence-electron chi connectivity index (χ4n) is 5.00. The van der Waals surface area contributed by atoms with Crippen LogP contribution in [0.1, 0.15) is 38.2 Å². The molecule has 0 radical (unpaired) electrons. The molecule has 1 atom stereocenters. The third kappa shape index (κ3) is 4.76. The van der Waals surface area contributed by atoms with Gasteiger partial charge in [0, 0.05) is 48.9 Å². The molecule has 0 aliphatic carbocycles. The predicted octanol–water partition coefficient (Wildman–Crippen LogP) is 2.90. The van der Waals surface area contributed by atoms with Crippen LogP contribution in [-0.2, 0) is 5.54 Å². The molecule has 3 heterocycles. The smallest absolute Gasteiger partial charge is 0.253 e. The summed E-state index contributed by atoms with van der Waals surface area (Å²) in [7, 11) is 3.15. The summed E-state index contributed by atoms with van der Waals surface area (Å²) in [5, 5.41) is 23.2. The Balaban J connectivity index is 1.57. The van der Waals surface area contributed by atoms with E-state index in [9.17, 15) is 9.90 Å². The summed E-state index contributed by atoms with van der Waals surface area (Å²) in [6.45, 7) is 8.97. The number of nitrogens with one attached hydrogen (secondary N) is 1. The maximum Gasteiger partial charge on any atom is 0.253 e. The average molecular weight is 520 g/mol. The van der Waals surface area contributed by atoms with E-state index in [1.807, 2.05) is 45.0 Å². The van der Waals surface area contributed by atoms with Gasteiger partial charge in [-0.25, -0.2) is 4.68 Å². The number of tetrazole rings is 1. The van der Waals surface area contributed by atoms with E-state index in [1.54, 1.807) is 37.1 Å². The number of phenolic OH excluding ortho intramolecular Hbond substituents is 1. The van der Waals surface area contributed by atoms with Crippen LogP contribution in [0, 0.1) is 0 Å². The van der Waals surface area contributed by atoms with E-state index in [1.165, 1.54) is 0 Å². The normalized spacial score (nSPS) is 15.6. The summed E-state index contributed by atoms with van der Waals surface area (Å²) in [6.07, 6.45) is 0. The van der Waals surface area contributed by atoms with Crippen molar-refractivity contribution in [2.75, 3.05) is 45.3 Å². The van der Waals surface area contributed by atoms with Gasteiger partial charge in [0.15, 0.2) is 17.3 Å². The van der Waals surface area contributed by atoms with Crippen LogP contribution in [0.15, 0.2) is 47.3 Å². The number of methoxy groups -OCH3 is 2. The molecule has 2 aromatic heterocycles. The van der Waals surface area contributed by atoms with E-state index in [4.69, 9.17) is 9.47 Å². The molecule has 200 valence electrons. The van der Waals surface area contributed by atoms with Crippen molar-refractivity contribution in [3.63, 3.8) is 0 Å². The number of hydrogen-bond donors (Lipinski definition) is 2. The lowest BCUT2D eigenvalue weighted by atomic mass is 10.0. The molecule has 0 amide bonds. The minimum absolute atomic E-state index is 0.209. The van der Waals surface area contributed by atoms with Gasteiger partial charge in [0.2, 0.25) is 0 Å². The van der Waals surface area contributed by atoms with Gasteiger partial charge < -0.3 is 24.5 Å². The molecule has 1 fully saturated rings. The molecule has 0 unspecified atom stereocenters. The molecule has 5 rings (SSSR count). The molecule has 2 N–H and O–H groups in total. The number of ether oxygens (including phenoxy) is 2. The molecule has 4 aromatic rings. The van der Waals surface area contributed by atoms with E-state index in [2.05, 4.69) is 30.3 Å².